The maximum Gasteiger partial charge on any atom is 0.0696 e. The van der Waals surface area contributed by atoms with E-state index in [0.717, 1.165) is 6.42 Å². The Labute approximate surface area is 61.8 Å². The first kappa shape index (κ1) is 6.62. The molecule has 1 saturated heterocycles. The lowest BCUT2D eigenvalue weighted by atomic mass is 9.88. The second-order valence-corrected chi connectivity index (χ2v) is 3.46. The highest BCUT2D eigenvalue weighted by atomic mass is 16.3. The Bertz CT molecular complexity index is 120. The minimum absolute atomic E-state index is 0.00176. The van der Waals surface area contributed by atoms with Gasteiger partial charge in [0.1, 0.15) is 0 Å². The van der Waals surface area contributed by atoms with Crippen LogP contribution >= 0.6 is 0 Å². The average Bonchev–Trinajstić information content (AvgIpc) is 2.37. The lowest BCUT2D eigenvalue weighted by molar-refractivity contribution is -0.0108. The highest BCUT2D eigenvalue weighted by Crippen LogP contribution is 2.27. The lowest BCUT2D eigenvalue weighted by Crippen LogP contribution is -2.49. The maximum absolute atomic E-state index is 9.33. The molecular formula is C8H15NO. The lowest BCUT2D eigenvalue weighted by Gasteiger charge is -2.39. The summed E-state index contributed by atoms with van der Waals surface area (Å²) in [5, 5.41) is 9.33. The van der Waals surface area contributed by atoms with Crippen LogP contribution in [0.2, 0.25) is 0 Å². The summed E-state index contributed by atoms with van der Waals surface area (Å²) in [6, 6.07) is 0.530. The Hall–Kier alpha value is -0.0800. The van der Waals surface area contributed by atoms with Crippen molar-refractivity contribution in [1.29, 1.82) is 0 Å². The Kier molecular flexibility index (Phi) is 1.66. The molecule has 0 aromatic carbocycles. The average molecular weight is 141 g/mol. The second-order valence-electron chi connectivity index (χ2n) is 3.46. The number of aliphatic hydroxyl groups is 1. The van der Waals surface area contributed by atoms with E-state index in [4.69, 9.17) is 0 Å². The van der Waals surface area contributed by atoms with Crippen molar-refractivity contribution >= 4 is 0 Å². The SMILES string of the molecule is OC1CCC1N1CCCC1. The number of nitrogens with zero attached hydrogens (tertiary/aromatic N) is 1. The molecule has 0 spiro atoms. The molecular weight excluding hydrogens is 126 g/mol. The summed E-state index contributed by atoms with van der Waals surface area (Å²) in [7, 11) is 0. The molecule has 0 radical (unpaired) electrons. The van der Waals surface area contributed by atoms with Gasteiger partial charge in [0.15, 0.2) is 0 Å². The normalized spacial score (nSPS) is 41.7. The zero-order valence-corrected chi connectivity index (χ0v) is 6.29. The van der Waals surface area contributed by atoms with Gasteiger partial charge in [0.05, 0.1) is 6.10 Å². The standard InChI is InChI=1S/C8H15NO/c10-8-4-3-7(8)9-5-1-2-6-9/h7-8,10H,1-6H2. The summed E-state index contributed by atoms with van der Waals surface area (Å²) in [5.74, 6) is 0. The molecule has 1 aliphatic carbocycles. The molecule has 0 amide bonds. The van der Waals surface area contributed by atoms with Crippen LogP contribution in [0.1, 0.15) is 25.7 Å². The second kappa shape index (κ2) is 2.51. The van der Waals surface area contributed by atoms with Crippen molar-refractivity contribution in [3.8, 4) is 0 Å². The highest BCUT2D eigenvalue weighted by molar-refractivity contribution is 4.90. The number of hydrogen-bond acceptors (Lipinski definition) is 2. The zero-order valence-electron chi connectivity index (χ0n) is 6.29. The smallest absolute Gasteiger partial charge is 0.0696 e. The monoisotopic (exact) mass is 141 g/mol. The summed E-state index contributed by atoms with van der Waals surface area (Å²) in [4.78, 5) is 2.44. The molecule has 1 aliphatic heterocycles. The van der Waals surface area contributed by atoms with Gasteiger partial charge >= 0.3 is 0 Å². The molecule has 10 heavy (non-hydrogen) atoms. The summed E-state index contributed by atoms with van der Waals surface area (Å²) in [6.07, 6.45) is 4.92. The van der Waals surface area contributed by atoms with Gasteiger partial charge in [-0.15, -0.1) is 0 Å². The fraction of sp³-hybridized carbons (Fsp3) is 1.00. The first-order valence-electron chi connectivity index (χ1n) is 4.30. The van der Waals surface area contributed by atoms with E-state index < -0.39 is 0 Å². The van der Waals surface area contributed by atoms with E-state index in [1.54, 1.807) is 0 Å². The Morgan fingerprint density at radius 3 is 2.20 bits per heavy atom. The largest absolute Gasteiger partial charge is 0.391 e. The van der Waals surface area contributed by atoms with Gasteiger partial charge in [0.25, 0.3) is 0 Å². The molecule has 2 unspecified atom stereocenters. The Morgan fingerprint density at radius 2 is 1.80 bits per heavy atom. The molecule has 1 heterocycles. The molecule has 1 saturated carbocycles. The van der Waals surface area contributed by atoms with Crippen molar-refractivity contribution in [3.63, 3.8) is 0 Å². The topological polar surface area (TPSA) is 23.5 Å². The van der Waals surface area contributed by atoms with Crippen LogP contribution in [0.4, 0.5) is 0 Å². The Morgan fingerprint density at radius 1 is 1.10 bits per heavy atom. The number of likely N-dealkylation sites (tertiary alicyclic amines) is 1. The third-order valence-electron chi connectivity index (χ3n) is 2.81. The molecule has 2 aliphatic rings. The van der Waals surface area contributed by atoms with Crippen molar-refractivity contribution in [2.75, 3.05) is 13.1 Å². The van der Waals surface area contributed by atoms with Crippen LogP contribution in [-0.4, -0.2) is 35.2 Å². The first-order valence-corrected chi connectivity index (χ1v) is 4.30. The first-order chi connectivity index (χ1) is 4.88. The van der Waals surface area contributed by atoms with Crippen LogP contribution in [0, 0.1) is 0 Å². The van der Waals surface area contributed by atoms with E-state index in [1.807, 2.05) is 0 Å². The van der Waals surface area contributed by atoms with Gasteiger partial charge in [-0.05, 0) is 38.8 Å². The van der Waals surface area contributed by atoms with Crippen LogP contribution in [0.3, 0.4) is 0 Å². The molecule has 2 rings (SSSR count). The van der Waals surface area contributed by atoms with Crippen LogP contribution in [0.15, 0.2) is 0 Å². The molecule has 58 valence electrons. The van der Waals surface area contributed by atoms with Crippen LogP contribution in [0.5, 0.6) is 0 Å². The third kappa shape index (κ3) is 0.956. The molecule has 2 fully saturated rings. The summed E-state index contributed by atoms with van der Waals surface area (Å²) in [5.41, 5.74) is 0. The van der Waals surface area contributed by atoms with Crippen molar-refractivity contribution in [2.24, 2.45) is 0 Å². The minimum atomic E-state index is -0.00176. The van der Waals surface area contributed by atoms with Crippen LogP contribution in [0.25, 0.3) is 0 Å². The van der Waals surface area contributed by atoms with E-state index in [1.165, 1.54) is 32.4 Å². The minimum Gasteiger partial charge on any atom is -0.391 e. The molecule has 1 N–H and O–H groups in total. The zero-order chi connectivity index (χ0) is 6.97. The van der Waals surface area contributed by atoms with Gasteiger partial charge in [-0.25, -0.2) is 0 Å². The molecule has 2 nitrogen and oxygen atoms in total. The number of aliphatic hydroxyl groups excluding tert-OH is 1. The summed E-state index contributed by atoms with van der Waals surface area (Å²) in [6.45, 7) is 2.45. The molecule has 0 aromatic rings. The van der Waals surface area contributed by atoms with Gasteiger partial charge in [-0.1, -0.05) is 0 Å². The van der Waals surface area contributed by atoms with Crippen molar-refractivity contribution in [2.45, 2.75) is 37.8 Å². The third-order valence-corrected chi connectivity index (χ3v) is 2.81. The van der Waals surface area contributed by atoms with Crippen molar-refractivity contribution < 1.29 is 5.11 Å². The van der Waals surface area contributed by atoms with Crippen molar-refractivity contribution in [1.82, 2.24) is 4.90 Å². The van der Waals surface area contributed by atoms with Gasteiger partial charge in [0.2, 0.25) is 0 Å². The van der Waals surface area contributed by atoms with Gasteiger partial charge in [-0.2, -0.15) is 0 Å². The fourth-order valence-electron chi connectivity index (χ4n) is 1.96. The van der Waals surface area contributed by atoms with Gasteiger partial charge in [0, 0.05) is 6.04 Å². The van der Waals surface area contributed by atoms with Crippen LogP contribution < -0.4 is 0 Å². The van der Waals surface area contributed by atoms with Crippen molar-refractivity contribution in [3.05, 3.63) is 0 Å². The maximum atomic E-state index is 9.33. The summed E-state index contributed by atoms with van der Waals surface area (Å²) < 4.78 is 0. The van der Waals surface area contributed by atoms with E-state index in [2.05, 4.69) is 4.90 Å². The predicted octanol–water partition coefficient (Wildman–Crippen LogP) is 0.605. The van der Waals surface area contributed by atoms with E-state index >= 15 is 0 Å². The van der Waals surface area contributed by atoms with Gasteiger partial charge in [-0.3, -0.25) is 4.90 Å². The highest BCUT2D eigenvalue weighted by Gasteiger charge is 2.34. The quantitative estimate of drug-likeness (QED) is 0.578. The predicted molar refractivity (Wildman–Crippen MR) is 39.8 cm³/mol. The van der Waals surface area contributed by atoms with E-state index in [9.17, 15) is 5.11 Å². The molecule has 0 bridgehead atoms. The number of rotatable bonds is 1. The number of hydrogen-bond donors (Lipinski definition) is 1. The fourth-order valence-corrected chi connectivity index (χ4v) is 1.96. The Balaban J connectivity index is 1.86. The van der Waals surface area contributed by atoms with Gasteiger partial charge < -0.3 is 5.11 Å². The van der Waals surface area contributed by atoms with E-state index in [0.29, 0.717) is 6.04 Å². The molecule has 2 heteroatoms. The molecule has 0 aromatic heterocycles. The molecule has 2 atom stereocenters. The summed E-state index contributed by atoms with van der Waals surface area (Å²) >= 11 is 0. The van der Waals surface area contributed by atoms with E-state index in [-0.39, 0.29) is 6.10 Å². The van der Waals surface area contributed by atoms with Crippen LogP contribution in [-0.2, 0) is 0 Å².